The Morgan fingerprint density at radius 2 is 1.85 bits per heavy atom. The van der Waals surface area contributed by atoms with Crippen molar-refractivity contribution in [2.24, 2.45) is 7.05 Å². The molecule has 1 aromatic carbocycles. The lowest BCUT2D eigenvalue weighted by Crippen LogP contribution is -2.38. The molecule has 0 saturated carbocycles. The van der Waals surface area contributed by atoms with Crippen LogP contribution in [0.2, 0.25) is 0 Å². The zero-order chi connectivity index (χ0) is 19.6. The van der Waals surface area contributed by atoms with Crippen molar-refractivity contribution < 1.29 is 4.39 Å². The van der Waals surface area contributed by atoms with E-state index in [1.165, 1.54) is 35.9 Å². The highest BCUT2D eigenvalue weighted by atomic mass is 19.1. The average Bonchev–Trinajstić information content (AvgIpc) is 2.65. The van der Waals surface area contributed by atoms with E-state index in [0.717, 1.165) is 17.7 Å². The van der Waals surface area contributed by atoms with E-state index in [1.807, 2.05) is 19.0 Å². The van der Waals surface area contributed by atoms with Crippen LogP contribution in [-0.2, 0) is 13.6 Å². The molecule has 0 aliphatic heterocycles. The van der Waals surface area contributed by atoms with Gasteiger partial charge < -0.3 is 10.2 Å². The van der Waals surface area contributed by atoms with Gasteiger partial charge in [0.15, 0.2) is 17.0 Å². The predicted octanol–water partition coefficient (Wildman–Crippen LogP) is -0.335. The Labute approximate surface area is 154 Å². The van der Waals surface area contributed by atoms with Crippen molar-refractivity contribution in [3.05, 3.63) is 56.7 Å². The van der Waals surface area contributed by atoms with E-state index in [2.05, 4.69) is 20.5 Å². The lowest BCUT2D eigenvalue weighted by molar-refractivity contribution is 0.398. The standard InChI is InChI=1S/C17H20FN7O2/c1-23(2)9-8-19-10-13-20-14-15(22-21-13)25(17(27)24(3)16(14)26)12-6-4-11(18)5-7-12/h4-7,19H,8-10H2,1-3H3. The van der Waals surface area contributed by atoms with Crippen molar-refractivity contribution >= 4 is 11.2 Å². The number of hydrogen-bond donors (Lipinski definition) is 1. The van der Waals surface area contributed by atoms with E-state index >= 15 is 0 Å². The van der Waals surface area contributed by atoms with Crippen LogP contribution >= 0.6 is 0 Å². The first-order valence-electron chi connectivity index (χ1n) is 8.35. The summed E-state index contributed by atoms with van der Waals surface area (Å²) in [5.41, 5.74) is -0.729. The van der Waals surface area contributed by atoms with Crippen LogP contribution in [0.25, 0.3) is 16.9 Å². The number of aromatic nitrogens is 5. The second-order valence-electron chi connectivity index (χ2n) is 6.34. The Hall–Kier alpha value is -2.98. The van der Waals surface area contributed by atoms with Gasteiger partial charge in [0.05, 0.1) is 12.2 Å². The van der Waals surface area contributed by atoms with E-state index in [-0.39, 0.29) is 11.2 Å². The minimum absolute atomic E-state index is 0.0286. The summed E-state index contributed by atoms with van der Waals surface area (Å²) in [6, 6.07) is 5.31. The quantitative estimate of drug-likeness (QED) is 0.591. The minimum Gasteiger partial charge on any atom is -0.308 e. The molecule has 0 amide bonds. The SMILES string of the molecule is CN(C)CCNCc1nnc2c(n1)c(=O)n(C)c(=O)n2-c1ccc(F)cc1. The molecule has 0 atom stereocenters. The van der Waals surface area contributed by atoms with Gasteiger partial charge >= 0.3 is 5.69 Å². The summed E-state index contributed by atoms with van der Waals surface area (Å²) in [5.74, 6) is -0.0844. The molecule has 2 heterocycles. The van der Waals surface area contributed by atoms with Gasteiger partial charge in [0.25, 0.3) is 5.56 Å². The average molecular weight is 373 g/mol. The minimum atomic E-state index is -0.605. The molecular weight excluding hydrogens is 353 g/mol. The predicted molar refractivity (Wildman–Crippen MR) is 98.4 cm³/mol. The molecule has 0 bridgehead atoms. The van der Waals surface area contributed by atoms with Gasteiger partial charge in [-0.3, -0.25) is 9.36 Å². The molecule has 142 valence electrons. The summed E-state index contributed by atoms with van der Waals surface area (Å²) < 4.78 is 15.4. The topological polar surface area (TPSA) is 97.9 Å². The van der Waals surface area contributed by atoms with E-state index in [0.29, 0.717) is 18.1 Å². The Morgan fingerprint density at radius 1 is 1.15 bits per heavy atom. The summed E-state index contributed by atoms with van der Waals surface area (Å²) in [7, 11) is 5.30. The molecule has 1 N–H and O–H groups in total. The fourth-order valence-corrected chi connectivity index (χ4v) is 2.53. The third kappa shape index (κ3) is 3.91. The lowest BCUT2D eigenvalue weighted by Gasteiger charge is -2.12. The van der Waals surface area contributed by atoms with Crippen molar-refractivity contribution in [2.45, 2.75) is 6.54 Å². The van der Waals surface area contributed by atoms with Gasteiger partial charge in [0, 0.05) is 20.1 Å². The molecule has 9 nitrogen and oxygen atoms in total. The summed E-state index contributed by atoms with van der Waals surface area (Å²) in [6.07, 6.45) is 0. The molecular formula is C17H20FN7O2. The zero-order valence-electron chi connectivity index (χ0n) is 15.3. The van der Waals surface area contributed by atoms with Crippen molar-refractivity contribution in [3.8, 4) is 5.69 Å². The van der Waals surface area contributed by atoms with Crippen LogP contribution in [0.1, 0.15) is 5.82 Å². The summed E-state index contributed by atoms with van der Waals surface area (Å²) in [5, 5.41) is 11.2. The van der Waals surface area contributed by atoms with Crippen molar-refractivity contribution in [1.29, 1.82) is 0 Å². The molecule has 0 aliphatic carbocycles. The van der Waals surface area contributed by atoms with Crippen LogP contribution in [0.3, 0.4) is 0 Å². The van der Waals surface area contributed by atoms with E-state index in [9.17, 15) is 14.0 Å². The summed E-state index contributed by atoms with van der Waals surface area (Å²) in [6.45, 7) is 1.91. The second-order valence-corrected chi connectivity index (χ2v) is 6.34. The smallest absolute Gasteiger partial charge is 0.308 e. The van der Waals surface area contributed by atoms with Gasteiger partial charge in [-0.15, -0.1) is 10.2 Å². The molecule has 3 aromatic rings. The first-order chi connectivity index (χ1) is 12.9. The van der Waals surface area contributed by atoms with Crippen molar-refractivity contribution in [3.63, 3.8) is 0 Å². The van der Waals surface area contributed by atoms with E-state index in [1.54, 1.807) is 0 Å². The highest BCUT2D eigenvalue weighted by Crippen LogP contribution is 2.11. The molecule has 3 rings (SSSR count). The maximum absolute atomic E-state index is 13.2. The zero-order valence-corrected chi connectivity index (χ0v) is 15.3. The number of halogens is 1. The first kappa shape index (κ1) is 18.8. The van der Waals surface area contributed by atoms with Gasteiger partial charge in [0.1, 0.15) is 5.82 Å². The highest BCUT2D eigenvalue weighted by molar-refractivity contribution is 5.70. The lowest BCUT2D eigenvalue weighted by atomic mass is 10.3. The molecule has 0 aliphatic rings. The van der Waals surface area contributed by atoms with Gasteiger partial charge in [-0.2, -0.15) is 0 Å². The fourth-order valence-electron chi connectivity index (χ4n) is 2.53. The third-order valence-electron chi connectivity index (χ3n) is 4.01. The van der Waals surface area contributed by atoms with Gasteiger partial charge in [-0.1, -0.05) is 0 Å². The molecule has 0 spiro atoms. The summed E-state index contributed by atoms with van der Waals surface area (Å²) >= 11 is 0. The van der Waals surface area contributed by atoms with Crippen molar-refractivity contribution in [2.75, 3.05) is 27.2 Å². The first-order valence-corrected chi connectivity index (χ1v) is 8.35. The maximum atomic E-state index is 13.2. The van der Waals surface area contributed by atoms with Gasteiger partial charge in [-0.05, 0) is 38.4 Å². The molecule has 2 aromatic heterocycles. The monoisotopic (exact) mass is 373 g/mol. The van der Waals surface area contributed by atoms with E-state index in [4.69, 9.17) is 0 Å². The number of nitrogens with one attached hydrogen (secondary N) is 1. The Morgan fingerprint density at radius 3 is 2.52 bits per heavy atom. The normalized spacial score (nSPS) is 11.4. The third-order valence-corrected chi connectivity index (χ3v) is 4.01. The highest BCUT2D eigenvalue weighted by Gasteiger charge is 2.16. The molecule has 0 radical (unpaired) electrons. The van der Waals surface area contributed by atoms with Gasteiger partial charge in [0.2, 0.25) is 0 Å². The molecule has 0 saturated heterocycles. The summed E-state index contributed by atoms with van der Waals surface area (Å²) in [4.78, 5) is 31.4. The largest absolute Gasteiger partial charge is 0.337 e. The number of hydrogen-bond acceptors (Lipinski definition) is 7. The van der Waals surface area contributed by atoms with Crippen LogP contribution in [0.4, 0.5) is 4.39 Å². The number of rotatable bonds is 6. The van der Waals surface area contributed by atoms with E-state index < -0.39 is 17.1 Å². The second kappa shape index (κ2) is 7.72. The molecule has 0 unspecified atom stereocenters. The van der Waals surface area contributed by atoms with Crippen LogP contribution in [-0.4, -0.2) is 56.4 Å². The number of likely N-dealkylation sites (N-methyl/N-ethyl adjacent to an activating group) is 1. The fraction of sp³-hybridized carbons (Fsp3) is 0.353. The Balaban J connectivity index is 2.05. The Kier molecular flexibility index (Phi) is 5.38. The number of benzene rings is 1. The van der Waals surface area contributed by atoms with Crippen LogP contribution < -0.4 is 16.6 Å². The molecule has 0 fully saturated rings. The number of nitrogens with zero attached hydrogens (tertiary/aromatic N) is 6. The molecule has 10 heteroatoms. The van der Waals surface area contributed by atoms with Crippen molar-refractivity contribution in [1.82, 2.24) is 34.5 Å². The molecule has 27 heavy (non-hydrogen) atoms. The van der Waals surface area contributed by atoms with Crippen LogP contribution in [0.15, 0.2) is 33.9 Å². The Bertz CT molecular complexity index is 1070. The van der Waals surface area contributed by atoms with Crippen LogP contribution in [0.5, 0.6) is 0 Å². The maximum Gasteiger partial charge on any atom is 0.337 e. The number of fused-ring (bicyclic) bond motifs is 1. The van der Waals surface area contributed by atoms with Gasteiger partial charge in [-0.25, -0.2) is 18.7 Å². The van der Waals surface area contributed by atoms with Crippen LogP contribution in [0, 0.1) is 5.82 Å².